The van der Waals surface area contributed by atoms with Gasteiger partial charge in [0.2, 0.25) is 5.91 Å². The molecule has 1 heterocycles. The first-order valence-corrected chi connectivity index (χ1v) is 6.46. The first kappa shape index (κ1) is 10.8. The van der Waals surface area contributed by atoms with E-state index in [4.69, 9.17) is 0 Å². The maximum Gasteiger partial charge on any atom is 0.219 e. The minimum atomic E-state index is -2.99. The summed E-state index contributed by atoms with van der Waals surface area (Å²) in [5.41, 5.74) is 0. The highest BCUT2D eigenvalue weighted by molar-refractivity contribution is 7.93. The Labute approximate surface area is 83.4 Å². The number of hydrogen-bond acceptors (Lipinski definition) is 4. The predicted octanol–water partition coefficient (Wildman–Crippen LogP) is -0.392. The van der Waals surface area contributed by atoms with E-state index in [0.717, 1.165) is 0 Å². The summed E-state index contributed by atoms with van der Waals surface area (Å²) >= 11 is 4.12. The van der Waals surface area contributed by atoms with Crippen LogP contribution in [0, 0.1) is 0 Å². The number of sulfone groups is 1. The third kappa shape index (κ3) is 2.87. The smallest absolute Gasteiger partial charge is 0.219 e. The Morgan fingerprint density at radius 3 is 2.54 bits per heavy atom. The van der Waals surface area contributed by atoms with Gasteiger partial charge in [-0.25, -0.2) is 8.42 Å². The summed E-state index contributed by atoms with van der Waals surface area (Å²) in [5.74, 6) is -0.0429. The van der Waals surface area contributed by atoms with E-state index < -0.39 is 9.84 Å². The van der Waals surface area contributed by atoms with Crippen LogP contribution < -0.4 is 5.32 Å². The highest BCUT2D eigenvalue weighted by Crippen LogP contribution is 2.17. The van der Waals surface area contributed by atoms with Crippen molar-refractivity contribution in [1.29, 1.82) is 0 Å². The lowest BCUT2D eigenvalue weighted by molar-refractivity contribution is -0.121. The summed E-state index contributed by atoms with van der Waals surface area (Å²) in [7, 11) is -2.99. The lowest BCUT2D eigenvalue weighted by atomic mass is 10.2. The Bertz CT molecular complexity index is 299. The van der Waals surface area contributed by atoms with Crippen molar-refractivity contribution in [3.63, 3.8) is 0 Å². The van der Waals surface area contributed by atoms with Crippen LogP contribution in [0.5, 0.6) is 0 Å². The number of carbonyl (C=O) groups is 1. The van der Waals surface area contributed by atoms with Gasteiger partial charge in [-0.05, 0) is 0 Å². The first-order chi connectivity index (χ1) is 5.94. The highest BCUT2D eigenvalue weighted by Gasteiger charge is 2.35. The maximum absolute atomic E-state index is 11.1. The van der Waals surface area contributed by atoms with Gasteiger partial charge in [-0.3, -0.25) is 4.79 Å². The number of carbonyl (C=O) groups excluding carboxylic acids is 1. The normalized spacial score (nSPS) is 31.5. The molecule has 0 aliphatic carbocycles. The van der Waals surface area contributed by atoms with Crippen LogP contribution in [-0.4, -0.2) is 37.1 Å². The Balaban J connectivity index is 2.59. The van der Waals surface area contributed by atoms with E-state index >= 15 is 0 Å². The monoisotopic (exact) mass is 223 g/mol. The van der Waals surface area contributed by atoms with Gasteiger partial charge in [-0.2, -0.15) is 12.6 Å². The number of thiol groups is 1. The molecular formula is C7H13NO3S2. The van der Waals surface area contributed by atoms with Crippen LogP contribution >= 0.6 is 12.6 Å². The summed E-state index contributed by atoms with van der Waals surface area (Å²) < 4.78 is 22.2. The second-order valence-corrected chi connectivity index (χ2v) is 5.99. The molecule has 1 aliphatic rings. The molecule has 0 aromatic carbocycles. The van der Waals surface area contributed by atoms with Gasteiger partial charge >= 0.3 is 0 Å². The molecule has 6 heteroatoms. The molecule has 13 heavy (non-hydrogen) atoms. The maximum atomic E-state index is 11.1. The molecule has 1 saturated heterocycles. The Morgan fingerprint density at radius 1 is 1.54 bits per heavy atom. The van der Waals surface area contributed by atoms with E-state index in [1.54, 1.807) is 6.92 Å². The van der Waals surface area contributed by atoms with Gasteiger partial charge in [0.25, 0.3) is 0 Å². The topological polar surface area (TPSA) is 63.2 Å². The predicted molar refractivity (Wildman–Crippen MR) is 53.6 cm³/mol. The standard InChI is InChI=1S/C7H13NO3S2/c1-2-7(9)8-5-3-13(10,11)4-6(5)12/h5-6,12H,2-4H2,1H3,(H,8,9). The minimum Gasteiger partial charge on any atom is -0.351 e. The Morgan fingerprint density at radius 2 is 2.15 bits per heavy atom. The van der Waals surface area contributed by atoms with Crippen molar-refractivity contribution < 1.29 is 13.2 Å². The largest absolute Gasteiger partial charge is 0.351 e. The molecular weight excluding hydrogens is 210 g/mol. The lowest BCUT2D eigenvalue weighted by Crippen LogP contribution is -2.40. The van der Waals surface area contributed by atoms with Crippen LogP contribution in [0.1, 0.15) is 13.3 Å². The van der Waals surface area contributed by atoms with Gasteiger partial charge in [0.1, 0.15) is 0 Å². The molecule has 2 unspecified atom stereocenters. The number of nitrogens with one attached hydrogen (secondary N) is 1. The molecule has 0 spiro atoms. The third-order valence-electron chi connectivity index (χ3n) is 1.99. The average Bonchev–Trinajstić information content (AvgIpc) is 2.24. The van der Waals surface area contributed by atoms with E-state index in [1.165, 1.54) is 0 Å². The van der Waals surface area contributed by atoms with Crippen molar-refractivity contribution >= 4 is 28.4 Å². The SMILES string of the molecule is CCC(=O)NC1CS(=O)(=O)CC1S. The molecule has 1 amide bonds. The summed E-state index contributed by atoms with van der Waals surface area (Å²) in [5, 5.41) is 2.38. The molecule has 0 bridgehead atoms. The second kappa shape index (κ2) is 3.88. The molecule has 76 valence electrons. The average molecular weight is 223 g/mol. The van der Waals surface area contributed by atoms with Crippen LogP contribution in [0.3, 0.4) is 0 Å². The lowest BCUT2D eigenvalue weighted by Gasteiger charge is -2.13. The quantitative estimate of drug-likeness (QED) is 0.627. The van der Waals surface area contributed by atoms with Gasteiger partial charge in [0, 0.05) is 11.7 Å². The summed E-state index contributed by atoms with van der Waals surface area (Å²) in [6, 6.07) is -0.319. The van der Waals surface area contributed by atoms with Crippen LogP contribution in [0.2, 0.25) is 0 Å². The van der Waals surface area contributed by atoms with E-state index in [-0.39, 0.29) is 28.7 Å². The molecule has 0 aromatic rings. The van der Waals surface area contributed by atoms with Crippen molar-refractivity contribution in [3.05, 3.63) is 0 Å². The molecule has 1 aliphatic heterocycles. The van der Waals surface area contributed by atoms with Gasteiger partial charge in [0.05, 0.1) is 17.5 Å². The Kier molecular flexibility index (Phi) is 3.23. The van der Waals surface area contributed by atoms with Crippen LogP contribution in [0.15, 0.2) is 0 Å². The molecule has 0 aromatic heterocycles. The number of amides is 1. The Hall–Kier alpha value is -0.230. The van der Waals surface area contributed by atoms with Crippen molar-refractivity contribution in [2.45, 2.75) is 24.6 Å². The van der Waals surface area contributed by atoms with Gasteiger partial charge in [-0.1, -0.05) is 6.92 Å². The highest BCUT2D eigenvalue weighted by atomic mass is 32.2. The van der Waals surface area contributed by atoms with E-state index in [0.29, 0.717) is 6.42 Å². The fourth-order valence-electron chi connectivity index (χ4n) is 1.28. The molecule has 4 nitrogen and oxygen atoms in total. The molecule has 0 radical (unpaired) electrons. The zero-order chi connectivity index (χ0) is 10.1. The second-order valence-electron chi connectivity index (χ2n) is 3.17. The molecule has 1 fully saturated rings. The van der Waals surface area contributed by atoms with Crippen molar-refractivity contribution in [1.82, 2.24) is 5.32 Å². The van der Waals surface area contributed by atoms with Crippen LogP contribution in [-0.2, 0) is 14.6 Å². The number of hydrogen-bond donors (Lipinski definition) is 2. The minimum absolute atomic E-state index is 0.0207. The van der Waals surface area contributed by atoms with Crippen LogP contribution in [0.25, 0.3) is 0 Å². The zero-order valence-corrected chi connectivity index (χ0v) is 9.07. The molecule has 1 N–H and O–H groups in total. The zero-order valence-electron chi connectivity index (χ0n) is 7.36. The fraction of sp³-hybridized carbons (Fsp3) is 0.857. The van der Waals surface area contributed by atoms with Crippen molar-refractivity contribution in [3.8, 4) is 0 Å². The van der Waals surface area contributed by atoms with Crippen molar-refractivity contribution in [2.24, 2.45) is 0 Å². The number of rotatable bonds is 2. The molecule has 0 saturated carbocycles. The summed E-state index contributed by atoms with van der Waals surface area (Å²) in [6.07, 6.45) is 0.372. The summed E-state index contributed by atoms with van der Waals surface area (Å²) in [4.78, 5) is 11.0. The third-order valence-corrected chi connectivity index (χ3v) is 4.51. The van der Waals surface area contributed by atoms with E-state index in [1.807, 2.05) is 0 Å². The van der Waals surface area contributed by atoms with E-state index in [9.17, 15) is 13.2 Å². The van der Waals surface area contributed by atoms with E-state index in [2.05, 4.69) is 17.9 Å². The van der Waals surface area contributed by atoms with Gasteiger partial charge in [-0.15, -0.1) is 0 Å². The molecule has 2 atom stereocenters. The van der Waals surface area contributed by atoms with Crippen molar-refractivity contribution in [2.75, 3.05) is 11.5 Å². The van der Waals surface area contributed by atoms with Crippen LogP contribution in [0.4, 0.5) is 0 Å². The molecule has 1 rings (SSSR count). The fourth-order valence-corrected chi connectivity index (χ4v) is 4.03. The van der Waals surface area contributed by atoms with Gasteiger partial charge < -0.3 is 5.32 Å². The van der Waals surface area contributed by atoms with Gasteiger partial charge in [0.15, 0.2) is 9.84 Å². The summed E-state index contributed by atoms with van der Waals surface area (Å²) in [6.45, 7) is 1.73. The first-order valence-electron chi connectivity index (χ1n) is 4.12.